The van der Waals surface area contributed by atoms with E-state index in [1.165, 1.54) is 17.4 Å². The maximum atomic E-state index is 13.2. The van der Waals surface area contributed by atoms with Crippen molar-refractivity contribution in [3.05, 3.63) is 70.7 Å². The molecular weight excluding hydrogens is 382 g/mol. The molecule has 1 amide bonds. The summed E-state index contributed by atoms with van der Waals surface area (Å²) in [4.78, 5) is 18.4. The zero-order chi connectivity index (χ0) is 20.3. The van der Waals surface area contributed by atoms with E-state index >= 15 is 0 Å². The first-order valence-corrected chi connectivity index (χ1v) is 9.63. The fourth-order valence-electron chi connectivity index (χ4n) is 2.41. The molecule has 7 heteroatoms. The Labute approximate surface area is 166 Å². The predicted octanol–water partition coefficient (Wildman–Crippen LogP) is 5.15. The minimum atomic E-state index is -0.895. The summed E-state index contributed by atoms with van der Waals surface area (Å²) in [5.74, 6) is -1.28. The van der Waals surface area contributed by atoms with Gasteiger partial charge in [-0.25, -0.2) is 13.8 Å². The SMILES string of the molecule is CC(C)N(C)C(=O)c1csc(-c2ccc(OCc3ccc(F)c(F)c3)cc2)n1. The summed E-state index contributed by atoms with van der Waals surface area (Å²) in [6, 6.07) is 11.0. The van der Waals surface area contributed by atoms with E-state index in [4.69, 9.17) is 4.74 Å². The first-order valence-electron chi connectivity index (χ1n) is 8.75. The van der Waals surface area contributed by atoms with Gasteiger partial charge in [-0.1, -0.05) is 6.07 Å². The van der Waals surface area contributed by atoms with Crippen molar-refractivity contribution in [1.29, 1.82) is 0 Å². The van der Waals surface area contributed by atoms with Crippen LogP contribution in [0.5, 0.6) is 5.75 Å². The van der Waals surface area contributed by atoms with Crippen molar-refractivity contribution in [3.8, 4) is 16.3 Å². The lowest BCUT2D eigenvalue weighted by Gasteiger charge is -2.19. The van der Waals surface area contributed by atoms with E-state index in [-0.39, 0.29) is 18.6 Å². The number of carbonyl (C=O) groups is 1. The van der Waals surface area contributed by atoms with Crippen LogP contribution in [-0.2, 0) is 6.61 Å². The molecule has 0 unspecified atom stereocenters. The molecule has 1 aromatic heterocycles. The third kappa shape index (κ3) is 4.54. The van der Waals surface area contributed by atoms with Crippen molar-refractivity contribution in [2.45, 2.75) is 26.5 Å². The van der Waals surface area contributed by atoms with Crippen molar-refractivity contribution in [3.63, 3.8) is 0 Å². The molecule has 0 saturated heterocycles. The van der Waals surface area contributed by atoms with Crippen LogP contribution < -0.4 is 4.74 Å². The van der Waals surface area contributed by atoms with Gasteiger partial charge in [-0.3, -0.25) is 4.79 Å². The Morgan fingerprint density at radius 3 is 2.50 bits per heavy atom. The van der Waals surface area contributed by atoms with Crippen molar-refractivity contribution < 1.29 is 18.3 Å². The first-order chi connectivity index (χ1) is 13.3. The second-order valence-corrected chi connectivity index (χ2v) is 7.47. The van der Waals surface area contributed by atoms with Crippen molar-refractivity contribution in [1.82, 2.24) is 9.88 Å². The maximum absolute atomic E-state index is 13.2. The highest BCUT2D eigenvalue weighted by Crippen LogP contribution is 2.26. The molecule has 1 heterocycles. The summed E-state index contributed by atoms with van der Waals surface area (Å²) < 4.78 is 31.8. The van der Waals surface area contributed by atoms with Crippen LogP contribution in [0, 0.1) is 11.6 Å². The normalized spacial score (nSPS) is 10.9. The van der Waals surface area contributed by atoms with Gasteiger partial charge in [-0.05, 0) is 55.8 Å². The molecule has 28 heavy (non-hydrogen) atoms. The van der Waals surface area contributed by atoms with Gasteiger partial charge in [0.05, 0.1) is 0 Å². The van der Waals surface area contributed by atoms with Crippen LogP contribution in [0.2, 0.25) is 0 Å². The van der Waals surface area contributed by atoms with E-state index < -0.39 is 11.6 Å². The molecule has 0 aliphatic rings. The van der Waals surface area contributed by atoms with Crippen LogP contribution in [-0.4, -0.2) is 28.9 Å². The molecule has 2 aromatic carbocycles. The van der Waals surface area contributed by atoms with Crippen LogP contribution in [0.4, 0.5) is 8.78 Å². The number of carbonyl (C=O) groups excluding carboxylic acids is 1. The molecule has 4 nitrogen and oxygen atoms in total. The number of aromatic nitrogens is 1. The lowest BCUT2D eigenvalue weighted by molar-refractivity contribution is 0.0750. The topological polar surface area (TPSA) is 42.4 Å². The molecule has 0 bridgehead atoms. The molecule has 0 atom stereocenters. The fourth-order valence-corrected chi connectivity index (χ4v) is 3.21. The van der Waals surface area contributed by atoms with Gasteiger partial charge in [0.25, 0.3) is 5.91 Å². The van der Waals surface area contributed by atoms with Crippen molar-refractivity contribution in [2.75, 3.05) is 7.05 Å². The van der Waals surface area contributed by atoms with Crippen LogP contribution in [0.25, 0.3) is 10.6 Å². The van der Waals surface area contributed by atoms with Crippen LogP contribution in [0.1, 0.15) is 29.9 Å². The van der Waals surface area contributed by atoms with E-state index in [2.05, 4.69) is 4.98 Å². The highest BCUT2D eigenvalue weighted by molar-refractivity contribution is 7.13. The molecule has 3 rings (SSSR count). The molecule has 0 aliphatic heterocycles. The van der Waals surface area contributed by atoms with E-state index in [1.807, 2.05) is 26.0 Å². The fraction of sp³-hybridized carbons (Fsp3) is 0.238. The van der Waals surface area contributed by atoms with Crippen molar-refractivity contribution in [2.24, 2.45) is 0 Å². The summed E-state index contributed by atoms with van der Waals surface area (Å²) in [7, 11) is 1.76. The zero-order valence-corrected chi connectivity index (χ0v) is 16.6. The average Bonchev–Trinajstić information content (AvgIpc) is 3.18. The van der Waals surface area contributed by atoms with E-state index in [9.17, 15) is 13.6 Å². The number of halogens is 2. The van der Waals surface area contributed by atoms with Gasteiger partial charge in [0, 0.05) is 24.0 Å². The quantitative estimate of drug-likeness (QED) is 0.573. The second-order valence-electron chi connectivity index (χ2n) is 6.61. The van der Waals surface area contributed by atoms with E-state index in [0.717, 1.165) is 22.7 Å². The molecule has 0 radical (unpaired) electrons. The largest absolute Gasteiger partial charge is 0.489 e. The first kappa shape index (κ1) is 19.9. The lowest BCUT2D eigenvalue weighted by Crippen LogP contribution is -2.33. The Bertz CT molecular complexity index is 971. The minimum absolute atomic E-state index is 0.101. The molecule has 0 aliphatic carbocycles. The van der Waals surface area contributed by atoms with Gasteiger partial charge in [0.15, 0.2) is 11.6 Å². The van der Waals surface area contributed by atoms with Gasteiger partial charge in [-0.15, -0.1) is 11.3 Å². The Hall–Kier alpha value is -2.80. The number of thiazole rings is 1. The summed E-state index contributed by atoms with van der Waals surface area (Å²) >= 11 is 1.40. The molecule has 0 N–H and O–H groups in total. The van der Waals surface area contributed by atoms with E-state index in [1.54, 1.807) is 29.5 Å². The second kappa shape index (κ2) is 8.48. The number of hydrogen-bond acceptors (Lipinski definition) is 4. The summed E-state index contributed by atoms with van der Waals surface area (Å²) in [5.41, 5.74) is 1.84. The number of amides is 1. The van der Waals surface area contributed by atoms with E-state index in [0.29, 0.717) is 17.0 Å². The molecule has 3 aromatic rings. The monoisotopic (exact) mass is 402 g/mol. The number of hydrogen-bond donors (Lipinski definition) is 0. The zero-order valence-electron chi connectivity index (χ0n) is 15.8. The Balaban J connectivity index is 1.66. The highest BCUT2D eigenvalue weighted by atomic mass is 32.1. The van der Waals surface area contributed by atoms with Gasteiger partial charge >= 0.3 is 0 Å². The standard InChI is InChI=1S/C21H20F2N2O2S/c1-13(2)25(3)21(26)19-12-28-20(24-19)15-5-7-16(8-6-15)27-11-14-4-9-17(22)18(23)10-14/h4-10,12-13H,11H2,1-3H3. The van der Waals surface area contributed by atoms with Crippen LogP contribution in [0.3, 0.4) is 0 Å². The van der Waals surface area contributed by atoms with Gasteiger partial charge in [0.2, 0.25) is 0 Å². The van der Waals surface area contributed by atoms with Gasteiger partial charge < -0.3 is 9.64 Å². The number of nitrogens with zero attached hydrogens (tertiary/aromatic N) is 2. The summed E-state index contributed by atoms with van der Waals surface area (Å²) in [6.07, 6.45) is 0. The molecule has 0 saturated carbocycles. The van der Waals surface area contributed by atoms with Gasteiger partial charge in [0.1, 0.15) is 23.1 Å². The number of ether oxygens (including phenoxy) is 1. The predicted molar refractivity (Wildman–Crippen MR) is 105 cm³/mol. The number of rotatable bonds is 6. The average molecular weight is 402 g/mol. The number of benzene rings is 2. The van der Waals surface area contributed by atoms with Crippen molar-refractivity contribution >= 4 is 17.2 Å². The minimum Gasteiger partial charge on any atom is -0.489 e. The molecule has 146 valence electrons. The summed E-state index contributed by atoms with van der Waals surface area (Å²) in [5, 5.41) is 2.50. The lowest BCUT2D eigenvalue weighted by atomic mass is 10.2. The maximum Gasteiger partial charge on any atom is 0.273 e. The summed E-state index contributed by atoms with van der Waals surface area (Å²) in [6.45, 7) is 4.03. The van der Waals surface area contributed by atoms with Crippen LogP contribution in [0.15, 0.2) is 47.8 Å². The molecule has 0 fully saturated rings. The molecule has 0 spiro atoms. The third-order valence-electron chi connectivity index (χ3n) is 4.31. The molecular formula is C21H20F2N2O2S. The smallest absolute Gasteiger partial charge is 0.273 e. The van der Waals surface area contributed by atoms with Crippen LogP contribution >= 0.6 is 11.3 Å². The Kier molecular flexibility index (Phi) is 6.04. The Morgan fingerprint density at radius 2 is 1.86 bits per heavy atom. The third-order valence-corrected chi connectivity index (χ3v) is 5.20. The Morgan fingerprint density at radius 1 is 1.14 bits per heavy atom. The van der Waals surface area contributed by atoms with Gasteiger partial charge in [-0.2, -0.15) is 0 Å². The highest BCUT2D eigenvalue weighted by Gasteiger charge is 2.18.